The maximum absolute atomic E-state index is 5.74. The van der Waals surface area contributed by atoms with Crippen molar-refractivity contribution in [3.05, 3.63) is 17.6 Å². The molecule has 5 heteroatoms. The first-order valence-electron chi connectivity index (χ1n) is 5.40. The highest BCUT2D eigenvalue weighted by molar-refractivity contribution is 6.18. The summed E-state index contributed by atoms with van der Waals surface area (Å²) in [5, 5.41) is 3.30. The zero-order valence-electron chi connectivity index (χ0n) is 9.63. The van der Waals surface area contributed by atoms with Crippen LogP contribution in [-0.4, -0.2) is 27.8 Å². The van der Waals surface area contributed by atoms with E-state index in [2.05, 4.69) is 29.1 Å². The van der Waals surface area contributed by atoms with Crippen LogP contribution in [0.3, 0.4) is 0 Å². The Bertz CT molecular complexity index is 329. The Morgan fingerprint density at radius 1 is 1.25 bits per heavy atom. The number of nitrogens with zero attached hydrogens (tertiary/aromatic N) is 2. The van der Waals surface area contributed by atoms with Crippen LogP contribution in [-0.2, 0) is 12.8 Å². The molecule has 0 atom stereocenters. The predicted molar refractivity (Wildman–Crippen MR) is 69.6 cm³/mol. The van der Waals surface area contributed by atoms with Gasteiger partial charge in [0.25, 0.3) is 0 Å². The Hall–Kier alpha value is -0.540. The largest absolute Gasteiger partial charge is 0.368 e. The van der Waals surface area contributed by atoms with Gasteiger partial charge in [0.15, 0.2) is 0 Å². The molecule has 0 saturated heterocycles. The Labute approximate surface area is 107 Å². The van der Waals surface area contributed by atoms with E-state index < -0.39 is 0 Å². The fraction of sp³-hybridized carbons (Fsp3) is 0.636. The first kappa shape index (κ1) is 13.5. The van der Waals surface area contributed by atoms with Crippen LogP contribution in [0.25, 0.3) is 0 Å². The van der Waals surface area contributed by atoms with Gasteiger partial charge in [0, 0.05) is 36.0 Å². The number of aryl methyl sites for hydroxylation is 2. The van der Waals surface area contributed by atoms with E-state index in [4.69, 9.17) is 23.2 Å². The molecule has 1 heterocycles. The van der Waals surface area contributed by atoms with Crippen molar-refractivity contribution in [2.45, 2.75) is 32.7 Å². The van der Waals surface area contributed by atoms with Gasteiger partial charge in [0.05, 0.1) is 0 Å². The summed E-state index contributed by atoms with van der Waals surface area (Å²) in [5.74, 6) is 2.77. The van der Waals surface area contributed by atoms with Crippen molar-refractivity contribution in [3.63, 3.8) is 0 Å². The van der Waals surface area contributed by atoms with Crippen molar-refractivity contribution in [1.82, 2.24) is 9.97 Å². The molecule has 0 unspecified atom stereocenters. The monoisotopic (exact) mass is 261 g/mol. The summed E-state index contributed by atoms with van der Waals surface area (Å²) in [4.78, 5) is 8.72. The van der Waals surface area contributed by atoms with E-state index in [1.54, 1.807) is 0 Å². The number of halogens is 2. The lowest BCUT2D eigenvalue weighted by atomic mass is 10.2. The van der Waals surface area contributed by atoms with E-state index in [0.29, 0.717) is 24.2 Å². The van der Waals surface area contributed by atoms with Crippen molar-refractivity contribution in [2.75, 3.05) is 17.1 Å². The highest BCUT2D eigenvalue weighted by atomic mass is 35.5. The van der Waals surface area contributed by atoms with Crippen molar-refractivity contribution >= 4 is 29.0 Å². The van der Waals surface area contributed by atoms with Crippen LogP contribution in [0.1, 0.15) is 25.2 Å². The molecule has 0 aromatic carbocycles. The second-order valence-corrected chi connectivity index (χ2v) is 4.59. The van der Waals surface area contributed by atoms with Crippen LogP contribution in [0, 0.1) is 0 Å². The number of nitrogens with one attached hydrogen (secondary N) is 1. The quantitative estimate of drug-likeness (QED) is 0.801. The Morgan fingerprint density at radius 3 is 2.50 bits per heavy atom. The van der Waals surface area contributed by atoms with Crippen LogP contribution >= 0.6 is 23.2 Å². The van der Waals surface area contributed by atoms with Gasteiger partial charge in [-0.1, -0.05) is 0 Å². The molecule has 1 aromatic rings. The predicted octanol–water partition coefficient (Wildman–Crippen LogP) is 2.86. The van der Waals surface area contributed by atoms with Gasteiger partial charge in [-0.25, -0.2) is 9.97 Å². The van der Waals surface area contributed by atoms with Gasteiger partial charge < -0.3 is 5.32 Å². The van der Waals surface area contributed by atoms with Crippen LogP contribution < -0.4 is 5.32 Å². The normalized spacial score (nSPS) is 10.8. The average Bonchev–Trinajstić information content (AvgIpc) is 2.22. The summed E-state index contributed by atoms with van der Waals surface area (Å²) in [5.41, 5.74) is 1.06. The van der Waals surface area contributed by atoms with Crippen LogP contribution in [0.4, 0.5) is 5.82 Å². The van der Waals surface area contributed by atoms with Gasteiger partial charge in [0.2, 0.25) is 0 Å². The van der Waals surface area contributed by atoms with Crippen molar-refractivity contribution in [2.24, 2.45) is 0 Å². The first-order valence-corrected chi connectivity index (χ1v) is 6.47. The van der Waals surface area contributed by atoms with Gasteiger partial charge in [-0.2, -0.15) is 0 Å². The zero-order chi connectivity index (χ0) is 12.0. The van der Waals surface area contributed by atoms with Crippen LogP contribution in [0.2, 0.25) is 0 Å². The van der Waals surface area contributed by atoms with E-state index in [1.807, 2.05) is 6.20 Å². The minimum atomic E-state index is 0.341. The fourth-order valence-electron chi connectivity index (χ4n) is 1.33. The maximum Gasteiger partial charge on any atom is 0.133 e. The Morgan fingerprint density at radius 2 is 1.94 bits per heavy atom. The number of anilines is 1. The van der Waals surface area contributed by atoms with Gasteiger partial charge in [-0.05, 0) is 20.3 Å². The molecule has 1 rings (SSSR count). The number of rotatable bonds is 6. The summed E-state index contributed by atoms with van der Waals surface area (Å²) < 4.78 is 0. The molecular weight excluding hydrogens is 245 g/mol. The third-order valence-electron chi connectivity index (χ3n) is 2.02. The smallest absolute Gasteiger partial charge is 0.133 e. The lowest BCUT2D eigenvalue weighted by Crippen LogP contribution is -2.15. The molecule has 0 saturated carbocycles. The molecule has 90 valence electrons. The molecule has 16 heavy (non-hydrogen) atoms. The van der Waals surface area contributed by atoms with E-state index in [1.165, 1.54) is 0 Å². The van der Waals surface area contributed by atoms with Crippen LogP contribution in [0.15, 0.2) is 6.20 Å². The summed E-state index contributed by atoms with van der Waals surface area (Å²) >= 11 is 11.4. The number of aromatic nitrogens is 2. The van der Waals surface area contributed by atoms with Crippen molar-refractivity contribution in [3.8, 4) is 0 Å². The van der Waals surface area contributed by atoms with Gasteiger partial charge in [-0.3, -0.25) is 0 Å². The van der Waals surface area contributed by atoms with E-state index in [0.717, 1.165) is 23.6 Å². The lowest BCUT2D eigenvalue weighted by Gasteiger charge is -2.13. The SMILES string of the molecule is CC(C)Nc1nc(CCCl)ncc1CCCl. The molecule has 0 aliphatic heterocycles. The van der Waals surface area contributed by atoms with E-state index in [9.17, 15) is 0 Å². The molecule has 0 spiro atoms. The topological polar surface area (TPSA) is 37.8 Å². The highest BCUT2D eigenvalue weighted by Crippen LogP contribution is 2.14. The molecular formula is C11H17Cl2N3. The Balaban J connectivity index is 2.91. The van der Waals surface area contributed by atoms with Gasteiger partial charge in [-0.15, -0.1) is 23.2 Å². The maximum atomic E-state index is 5.74. The lowest BCUT2D eigenvalue weighted by molar-refractivity contribution is 0.855. The number of hydrogen-bond acceptors (Lipinski definition) is 3. The molecule has 0 amide bonds. The minimum Gasteiger partial charge on any atom is -0.368 e. The summed E-state index contributed by atoms with van der Waals surface area (Å²) in [6.45, 7) is 4.15. The highest BCUT2D eigenvalue weighted by Gasteiger charge is 2.07. The summed E-state index contributed by atoms with van der Waals surface area (Å²) in [6, 6.07) is 0.341. The van der Waals surface area contributed by atoms with Crippen molar-refractivity contribution < 1.29 is 0 Å². The second kappa shape index (κ2) is 6.92. The molecule has 1 N–H and O–H groups in total. The average molecular weight is 262 g/mol. The second-order valence-electron chi connectivity index (χ2n) is 3.84. The first-order chi connectivity index (χ1) is 7.67. The summed E-state index contributed by atoms with van der Waals surface area (Å²) in [6.07, 6.45) is 3.30. The van der Waals surface area contributed by atoms with Crippen molar-refractivity contribution in [1.29, 1.82) is 0 Å². The van der Waals surface area contributed by atoms with Crippen LogP contribution in [0.5, 0.6) is 0 Å². The Kier molecular flexibility index (Phi) is 5.85. The summed E-state index contributed by atoms with van der Waals surface area (Å²) in [7, 11) is 0. The van der Waals surface area contributed by atoms with Gasteiger partial charge >= 0.3 is 0 Å². The third-order valence-corrected chi connectivity index (χ3v) is 2.40. The molecule has 0 radical (unpaired) electrons. The molecule has 1 aromatic heterocycles. The standard InChI is InChI=1S/C11H17Cl2N3/c1-8(2)15-11-9(3-5-12)7-14-10(16-11)4-6-13/h7-8H,3-6H2,1-2H3,(H,14,15,16). The molecule has 0 aliphatic carbocycles. The molecule has 0 bridgehead atoms. The zero-order valence-corrected chi connectivity index (χ0v) is 11.1. The number of alkyl halides is 2. The van der Waals surface area contributed by atoms with E-state index >= 15 is 0 Å². The molecule has 0 fully saturated rings. The molecule has 0 aliphatic rings. The molecule has 3 nitrogen and oxygen atoms in total. The minimum absolute atomic E-state index is 0.341. The van der Waals surface area contributed by atoms with Gasteiger partial charge in [0.1, 0.15) is 11.6 Å². The van der Waals surface area contributed by atoms with E-state index in [-0.39, 0.29) is 0 Å². The number of hydrogen-bond donors (Lipinski definition) is 1. The third kappa shape index (κ3) is 4.14. The fourth-order valence-corrected chi connectivity index (χ4v) is 1.70.